The Bertz CT molecular complexity index is 1050. The molecule has 26 heavy (non-hydrogen) atoms. The third kappa shape index (κ3) is 3.39. The number of aromatic amines is 1. The van der Waals surface area contributed by atoms with Gasteiger partial charge in [0.2, 0.25) is 0 Å². The van der Waals surface area contributed by atoms with Crippen molar-refractivity contribution in [1.29, 1.82) is 5.41 Å². The van der Waals surface area contributed by atoms with E-state index in [1.54, 1.807) is 6.20 Å². The predicted molar refractivity (Wildman–Crippen MR) is 110 cm³/mol. The van der Waals surface area contributed by atoms with Crippen molar-refractivity contribution in [2.45, 2.75) is 12.8 Å². The fourth-order valence-electron chi connectivity index (χ4n) is 3.39. The minimum Gasteiger partial charge on any atom is -0.404 e. The molecule has 0 fully saturated rings. The molecule has 0 atom stereocenters. The van der Waals surface area contributed by atoms with Gasteiger partial charge in [-0.2, -0.15) is 0 Å². The summed E-state index contributed by atoms with van der Waals surface area (Å²) in [5, 5.41) is 11.1. The van der Waals surface area contributed by atoms with E-state index in [4.69, 9.17) is 11.1 Å². The van der Waals surface area contributed by atoms with E-state index in [2.05, 4.69) is 30.0 Å². The van der Waals surface area contributed by atoms with E-state index in [-0.39, 0.29) is 5.56 Å². The molecular weight excluding hydrogens is 324 g/mol. The lowest BCUT2D eigenvalue weighted by Gasteiger charge is -2.13. The largest absolute Gasteiger partial charge is 0.404 e. The maximum Gasteiger partial charge on any atom is 0.256 e. The van der Waals surface area contributed by atoms with Crippen LogP contribution in [0.4, 0.5) is 0 Å². The Morgan fingerprint density at radius 1 is 1.23 bits per heavy atom. The molecule has 0 spiro atoms. The number of allylic oxidation sites excluding steroid dienone is 1. The normalized spacial score (nSPS) is 12.2. The molecule has 1 heterocycles. The van der Waals surface area contributed by atoms with E-state index in [1.165, 1.54) is 18.0 Å². The first kappa shape index (κ1) is 17.9. The number of nitrogens with zero attached hydrogens (tertiary/aromatic N) is 1. The maximum absolute atomic E-state index is 12.5. The van der Waals surface area contributed by atoms with Crippen molar-refractivity contribution < 1.29 is 0 Å². The zero-order valence-corrected chi connectivity index (χ0v) is 15.2. The number of nitrogens with one attached hydrogen (secondary N) is 2. The number of nitrogens with two attached hydrogens (primary N) is 1. The van der Waals surface area contributed by atoms with Gasteiger partial charge in [0.25, 0.3) is 5.56 Å². The molecular formula is C21H24N4O. The first-order chi connectivity index (χ1) is 12.5. The zero-order chi connectivity index (χ0) is 18.7. The standard InChI is InChI=1S/C21H24N4O/c1-25(2)9-3-4-15-10-16-7-8-24-21(26)20(16)19-11-14(5-6-18(15)19)17(12-22)13-23/h5-8,10-13,22H,3-4,9,23H2,1-2H3,(H,24,26)/b17-13+,22-12?. The third-order valence-corrected chi connectivity index (χ3v) is 4.68. The fourth-order valence-corrected chi connectivity index (χ4v) is 3.39. The summed E-state index contributed by atoms with van der Waals surface area (Å²) in [6.07, 6.45) is 6.33. The molecule has 0 amide bonds. The van der Waals surface area contributed by atoms with Crippen LogP contribution >= 0.6 is 0 Å². The smallest absolute Gasteiger partial charge is 0.256 e. The van der Waals surface area contributed by atoms with Crippen molar-refractivity contribution in [3.05, 3.63) is 64.2 Å². The second-order valence-corrected chi connectivity index (χ2v) is 6.74. The van der Waals surface area contributed by atoms with Gasteiger partial charge >= 0.3 is 0 Å². The van der Waals surface area contributed by atoms with E-state index >= 15 is 0 Å². The van der Waals surface area contributed by atoms with Crippen molar-refractivity contribution in [3.8, 4) is 0 Å². The van der Waals surface area contributed by atoms with Gasteiger partial charge in [0, 0.05) is 24.2 Å². The molecule has 5 nitrogen and oxygen atoms in total. The average molecular weight is 348 g/mol. The lowest BCUT2D eigenvalue weighted by molar-refractivity contribution is 0.400. The van der Waals surface area contributed by atoms with Gasteiger partial charge in [-0.1, -0.05) is 18.2 Å². The summed E-state index contributed by atoms with van der Waals surface area (Å²) >= 11 is 0. The summed E-state index contributed by atoms with van der Waals surface area (Å²) in [7, 11) is 4.14. The predicted octanol–water partition coefficient (Wildman–Crippen LogP) is 3.12. The Morgan fingerprint density at radius 2 is 2.04 bits per heavy atom. The SMILES string of the molecule is CN(C)CCCc1cc2cc[nH]c(=O)c2c2cc(/C(C=N)=C/N)ccc12. The Balaban J connectivity index is 2.25. The number of rotatable bonds is 6. The topological polar surface area (TPSA) is 86.0 Å². The second-order valence-electron chi connectivity index (χ2n) is 6.74. The quantitative estimate of drug-likeness (QED) is 0.472. The molecule has 2 aromatic carbocycles. The van der Waals surface area contributed by atoms with Gasteiger partial charge in [0.05, 0.1) is 5.39 Å². The summed E-state index contributed by atoms with van der Waals surface area (Å²) in [5.41, 5.74) is 8.24. The molecule has 3 rings (SSSR count). The Kier molecular flexibility index (Phi) is 5.19. The van der Waals surface area contributed by atoms with Gasteiger partial charge in [0.15, 0.2) is 0 Å². The number of pyridine rings is 1. The van der Waals surface area contributed by atoms with E-state index in [0.29, 0.717) is 11.0 Å². The van der Waals surface area contributed by atoms with Gasteiger partial charge in [-0.25, -0.2) is 0 Å². The minimum atomic E-state index is -0.0994. The number of hydrogen-bond donors (Lipinski definition) is 3. The monoisotopic (exact) mass is 348 g/mol. The molecule has 3 aromatic rings. The van der Waals surface area contributed by atoms with Crippen LogP contribution < -0.4 is 11.3 Å². The molecule has 4 N–H and O–H groups in total. The highest BCUT2D eigenvalue weighted by atomic mass is 16.1. The number of hydrogen-bond acceptors (Lipinski definition) is 4. The zero-order valence-electron chi connectivity index (χ0n) is 15.2. The molecule has 0 aliphatic rings. The Hall–Kier alpha value is -2.92. The summed E-state index contributed by atoms with van der Waals surface area (Å²) in [6.45, 7) is 1.01. The first-order valence-electron chi connectivity index (χ1n) is 8.69. The third-order valence-electron chi connectivity index (χ3n) is 4.68. The van der Waals surface area contributed by atoms with Gasteiger partial charge in [-0.15, -0.1) is 0 Å². The van der Waals surface area contributed by atoms with Crippen LogP contribution in [0.25, 0.3) is 27.1 Å². The Labute approximate surface area is 152 Å². The highest BCUT2D eigenvalue weighted by Gasteiger charge is 2.11. The van der Waals surface area contributed by atoms with Crippen molar-refractivity contribution in [2.75, 3.05) is 20.6 Å². The molecule has 5 heteroatoms. The molecule has 0 saturated carbocycles. The van der Waals surface area contributed by atoms with Crippen LogP contribution in [0.2, 0.25) is 0 Å². The number of benzene rings is 2. The van der Waals surface area contributed by atoms with Gasteiger partial charge in [-0.05, 0) is 72.9 Å². The minimum absolute atomic E-state index is 0.0994. The fraction of sp³-hybridized carbons (Fsp3) is 0.238. The number of aryl methyl sites for hydroxylation is 1. The van der Waals surface area contributed by atoms with E-state index in [0.717, 1.165) is 41.1 Å². The average Bonchev–Trinajstić information content (AvgIpc) is 2.62. The highest BCUT2D eigenvalue weighted by molar-refractivity contribution is 6.13. The van der Waals surface area contributed by atoms with Crippen molar-refractivity contribution in [1.82, 2.24) is 9.88 Å². The van der Waals surface area contributed by atoms with Crippen LogP contribution in [0.5, 0.6) is 0 Å². The second kappa shape index (κ2) is 7.54. The first-order valence-corrected chi connectivity index (χ1v) is 8.69. The maximum atomic E-state index is 12.5. The van der Waals surface area contributed by atoms with Gasteiger partial charge < -0.3 is 21.0 Å². The van der Waals surface area contributed by atoms with Gasteiger partial charge in [-0.3, -0.25) is 4.79 Å². The summed E-state index contributed by atoms with van der Waals surface area (Å²) in [6, 6.07) is 10.0. The molecule has 0 bridgehead atoms. The van der Waals surface area contributed by atoms with Crippen LogP contribution in [0.1, 0.15) is 17.5 Å². The number of H-pyrrole nitrogens is 1. The van der Waals surface area contributed by atoms with Crippen molar-refractivity contribution >= 4 is 33.3 Å². The number of aromatic nitrogens is 1. The number of fused-ring (bicyclic) bond motifs is 3. The molecule has 0 saturated heterocycles. The molecule has 0 aliphatic heterocycles. The van der Waals surface area contributed by atoms with Crippen LogP contribution in [0.15, 0.2) is 47.5 Å². The van der Waals surface area contributed by atoms with Gasteiger partial charge in [0.1, 0.15) is 0 Å². The highest BCUT2D eigenvalue weighted by Crippen LogP contribution is 2.30. The lowest BCUT2D eigenvalue weighted by atomic mass is 9.93. The lowest BCUT2D eigenvalue weighted by Crippen LogP contribution is -2.13. The van der Waals surface area contributed by atoms with E-state index < -0.39 is 0 Å². The van der Waals surface area contributed by atoms with Crippen LogP contribution in [0.3, 0.4) is 0 Å². The molecule has 134 valence electrons. The Morgan fingerprint density at radius 3 is 2.73 bits per heavy atom. The van der Waals surface area contributed by atoms with Crippen molar-refractivity contribution in [2.24, 2.45) is 5.73 Å². The van der Waals surface area contributed by atoms with Crippen molar-refractivity contribution in [3.63, 3.8) is 0 Å². The summed E-state index contributed by atoms with van der Waals surface area (Å²) in [4.78, 5) is 17.4. The van der Waals surface area contributed by atoms with Crippen LogP contribution in [0, 0.1) is 5.41 Å². The molecule has 0 aliphatic carbocycles. The molecule has 0 radical (unpaired) electrons. The molecule has 1 aromatic heterocycles. The molecule has 0 unspecified atom stereocenters. The van der Waals surface area contributed by atoms with Crippen LogP contribution in [-0.2, 0) is 6.42 Å². The van der Waals surface area contributed by atoms with E-state index in [1.807, 2.05) is 24.3 Å². The summed E-state index contributed by atoms with van der Waals surface area (Å²) in [5.74, 6) is 0. The van der Waals surface area contributed by atoms with Crippen LogP contribution in [-0.4, -0.2) is 36.7 Å². The summed E-state index contributed by atoms with van der Waals surface area (Å²) < 4.78 is 0. The van der Waals surface area contributed by atoms with E-state index in [9.17, 15) is 4.79 Å².